The van der Waals surface area contributed by atoms with Gasteiger partial charge in [0.05, 0.1) is 16.5 Å². The summed E-state index contributed by atoms with van der Waals surface area (Å²) in [7, 11) is 0. The summed E-state index contributed by atoms with van der Waals surface area (Å²) >= 11 is 0. The van der Waals surface area contributed by atoms with E-state index in [0.717, 1.165) is 23.2 Å². The molecule has 4 nitrogen and oxygen atoms in total. The van der Waals surface area contributed by atoms with E-state index in [1.54, 1.807) is 6.07 Å². The van der Waals surface area contributed by atoms with Crippen LogP contribution in [0.25, 0.3) is 21.5 Å². The average Bonchev–Trinajstić information content (AvgIpc) is 3.27. The first-order chi connectivity index (χ1) is 15.1. The van der Waals surface area contributed by atoms with Gasteiger partial charge in [-0.2, -0.15) is 0 Å². The van der Waals surface area contributed by atoms with Crippen molar-refractivity contribution < 1.29 is 4.92 Å². The molecule has 4 aromatic rings. The Balaban J connectivity index is 1.65. The molecule has 0 amide bonds. The number of allylic oxidation sites excluding steroid dienone is 2. The maximum atomic E-state index is 11.8. The van der Waals surface area contributed by atoms with E-state index in [0.29, 0.717) is 0 Å². The molecular formula is C27H22N2O2. The van der Waals surface area contributed by atoms with Gasteiger partial charge in [0.2, 0.25) is 0 Å². The second-order valence-electron chi connectivity index (χ2n) is 8.66. The summed E-state index contributed by atoms with van der Waals surface area (Å²) in [5, 5.41) is 20.6. The Labute approximate surface area is 180 Å². The molecule has 31 heavy (non-hydrogen) atoms. The number of hydrogen-bond acceptors (Lipinski definition) is 3. The molecule has 1 aliphatic carbocycles. The predicted octanol–water partition coefficient (Wildman–Crippen LogP) is 7.04. The third-order valence-corrected chi connectivity index (χ3v) is 7.03. The van der Waals surface area contributed by atoms with Crippen molar-refractivity contribution in [3.05, 3.63) is 106 Å². The van der Waals surface area contributed by atoms with Gasteiger partial charge >= 0.3 is 0 Å². The highest BCUT2D eigenvalue weighted by atomic mass is 16.6. The fourth-order valence-electron chi connectivity index (χ4n) is 5.66. The summed E-state index contributed by atoms with van der Waals surface area (Å²) in [5.41, 5.74) is 4.32. The van der Waals surface area contributed by atoms with E-state index in [1.165, 1.54) is 27.1 Å². The first-order valence-corrected chi connectivity index (χ1v) is 10.7. The van der Waals surface area contributed by atoms with Gasteiger partial charge in [-0.25, -0.2) is 0 Å². The van der Waals surface area contributed by atoms with Gasteiger partial charge in [0.1, 0.15) is 0 Å². The highest BCUT2D eigenvalue weighted by Crippen LogP contribution is 2.54. The molecule has 2 aliphatic rings. The monoisotopic (exact) mass is 406 g/mol. The number of aryl methyl sites for hydroxylation is 1. The molecular weight excluding hydrogens is 384 g/mol. The molecule has 0 fully saturated rings. The van der Waals surface area contributed by atoms with E-state index in [2.05, 4.69) is 72.1 Å². The number of benzene rings is 4. The van der Waals surface area contributed by atoms with E-state index >= 15 is 0 Å². The number of fused-ring (bicyclic) bond motifs is 5. The predicted molar refractivity (Wildman–Crippen MR) is 126 cm³/mol. The van der Waals surface area contributed by atoms with Crippen LogP contribution < -0.4 is 5.32 Å². The van der Waals surface area contributed by atoms with Crippen LogP contribution in [-0.2, 0) is 0 Å². The van der Waals surface area contributed by atoms with Crippen molar-refractivity contribution in [1.29, 1.82) is 0 Å². The minimum atomic E-state index is -0.239. The first kappa shape index (κ1) is 18.1. The van der Waals surface area contributed by atoms with E-state index in [1.807, 2.05) is 13.0 Å². The van der Waals surface area contributed by atoms with Crippen LogP contribution in [0.2, 0.25) is 0 Å². The molecule has 0 bridgehead atoms. The zero-order chi connectivity index (χ0) is 21.1. The molecule has 0 aromatic heterocycles. The van der Waals surface area contributed by atoms with Crippen LogP contribution in [0.3, 0.4) is 0 Å². The average molecular weight is 406 g/mol. The molecule has 0 saturated carbocycles. The number of hydrogen-bond donors (Lipinski definition) is 1. The second kappa shape index (κ2) is 6.67. The molecule has 1 N–H and O–H groups in total. The number of rotatable bonds is 2. The molecule has 6 rings (SSSR count). The molecule has 0 saturated heterocycles. The van der Waals surface area contributed by atoms with Gasteiger partial charge in [-0.15, -0.1) is 0 Å². The lowest BCUT2D eigenvalue weighted by Gasteiger charge is -2.39. The molecule has 3 atom stereocenters. The summed E-state index contributed by atoms with van der Waals surface area (Å²) < 4.78 is 0. The van der Waals surface area contributed by atoms with Crippen molar-refractivity contribution >= 4 is 32.9 Å². The Morgan fingerprint density at radius 3 is 2.29 bits per heavy atom. The van der Waals surface area contributed by atoms with Gasteiger partial charge in [-0.3, -0.25) is 10.1 Å². The highest BCUT2D eigenvalue weighted by Gasteiger charge is 2.43. The molecule has 0 unspecified atom stereocenters. The van der Waals surface area contributed by atoms with Crippen LogP contribution in [0.15, 0.2) is 78.9 Å². The zero-order valence-electron chi connectivity index (χ0n) is 17.2. The zero-order valence-corrected chi connectivity index (χ0v) is 17.2. The lowest BCUT2D eigenvalue weighted by Crippen LogP contribution is -2.30. The standard InChI is InChI=1S/C27H22N2O2/c1-16-13-14-23(29(30)31)25-21-11-6-12-22(21)27(28-26(16)25)24-19-9-4-2-7-17(19)15-18-8-3-5-10-20(18)24/h2-11,13-15,21-22,27-28H,12H2,1H3/t21-,22+,27-/m1/s1. The molecule has 1 aliphatic heterocycles. The Hall–Kier alpha value is -3.66. The van der Waals surface area contributed by atoms with E-state index < -0.39 is 0 Å². The smallest absolute Gasteiger partial charge is 0.275 e. The fourth-order valence-corrected chi connectivity index (χ4v) is 5.66. The van der Waals surface area contributed by atoms with Gasteiger partial charge in [0, 0.05) is 17.7 Å². The highest BCUT2D eigenvalue weighted by molar-refractivity contribution is 6.03. The van der Waals surface area contributed by atoms with E-state index in [4.69, 9.17) is 0 Å². The fraction of sp³-hybridized carbons (Fsp3) is 0.185. The third-order valence-electron chi connectivity index (χ3n) is 7.03. The molecule has 1 heterocycles. The van der Waals surface area contributed by atoms with Crippen molar-refractivity contribution in [2.75, 3.05) is 5.32 Å². The van der Waals surface area contributed by atoms with E-state index in [-0.39, 0.29) is 28.5 Å². The number of anilines is 1. The van der Waals surface area contributed by atoms with Crippen LogP contribution in [0.4, 0.5) is 11.4 Å². The molecule has 4 aromatic carbocycles. The topological polar surface area (TPSA) is 55.2 Å². The van der Waals surface area contributed by atoms with Crippen molar-refractivity contribution in [3.63, 3.8) is 0 Å². The minimum Gasteiger partial charge on any atom is -0.377 e. The van der Waals surface area contributed by atoms with Crippen molar-refractivity contribution in [3.8, 4) is 0 Å². The summed E-state index contributed by atoms with van der Waals surface area (Å²) in [5.74, 6) is 0.279. The number of nitro benzene ring substituents is 1. The van der Waals surface area contributed by atoms with Crippen LogP contribution in [0.5, 0.6) is 0 Å². The minimum absolute atomic E-state index is 0.0410. The Morgan fingerprint density at radius 1 is 0.935 bits per heavy atom. The molecule has 4 heteroatoms. The maximum absolute atomic E-state index is 11.8. The number of nitrogens with one attached hydrogen (secondary N) is 1. The maximum Gasteiger partial charge on any atom is 0.275 e. The van der Waals surface area contributed by atoms with Gasteiger partial charge in [0.15, 0.2) is 0 Å². The van der Waals surface area contributed by atoms with Gasteiger partial charge in [-0.1, -0.05) is 66.7 Å². The van der Waals surface area contributed by atoms with E-state index in [9.17, 15) is 10.1 Å². The summed E-state index contributed by atoms with van der Waals surface area (Å²) in [6.45, 7) is 2.03. The lowest BCUT2D eigenvalue weighted by molar-refractivity contribution is -0.385. The van der Waals surface area contributed by atoms with Crippen molar-refractivity contribution in [2.45, 2.75) is 25.3 Å². The van der Waals surface area contributed by atoms with Gasteiger partial charge in [-0.05, 0) is 58.0 Å². The number of nitrogens with zero attached hydrogens (tertiary/aromatic N) is 1. The largest absolute Gasteiger partial charge is 0.377 e. The summed E-state index contributed by atoms with van der Waals surface area (Å²) in [6, 6.07) is 22.9. The summed E-state index contributed by atoms with van der Waals surface area (Å²) in [6.07, 6.45) is 5.28. The van der Waals surface area contributed by atoms with Crippen LogP contribution in [0.1, 0.15) is 35.1 Å². The quantitative estimate of drug-likeness (QED) is 0.168. The molecule has 152 valence electrons. The molecule has 0 radical (unpaired) electrons. The lowest BCUT2D eigenvalue weighted by atomic mass is 9.74. The van der Waals surface area contributed by atoms with Crippen molar-refractivity contribution in [2.24, 2.45) is 5.92 Å². The van der Waals surface area contributed by atoms with Crippen LogP contribution >= 0.6 is 0 Å². The normalized spacial score (nSPS) is 21.6. The Morgan fingerprint density at radius 2 is 1.61 bits per heavy atom. The second-order valence-corrected chi connectivity index (χ2v) is 8.66. The molecule has 0 spiro atoms. The first-order valence-electron chi connectivity index (χ1n) is 10.7. The van der Waals surface area contributed by atoms with Gasteiger partial charge < -0.3 is 5.32 Å². The SMILES string of the molecule is Cc1ccc([N+](=O)[O-])c2c1N[C@@H](c1c3ccccc3cc3ccccc13)[C@H]1CC=C[C@@H]21. The summed E-state index contributed by atoms with van der Waals surface area (Å²) in [4.78, 5) is 11.6. The van der Waals surface area contributed by atoms with Crippen LogP contribution in [-0.4, -0.2) is 4.92 Å². The van der Waals surface area contributed by atoms with Crippen molar-refractivity contribution in [1.82, 2.24) is 0 Å². The van der Waals surface area contributed by atoms with Crippen LogP contribution in [0, 0.1) is 23.0 Å². The van der Waals surface area contributed by atoms with Gasteiger partial charge in [0.25, 0.3) is 5.69 Å². The number of nitro groups is 1. The third kappa shape index (κ3) is 2.61. The Bertz CT molecular complexity index is 1350. The Kier molecular flexibility index (Phi) is 3.90.